The molecular formula is C11H16ClN3OZn. The number of aliphatic hydroxyl groups is 1. The monoisotopic (exact) mass is 305 g/mol. The Hall–Kier alpha value is -0.687. The van der Waals surface area contributed by atoms with Crippen LogP contribution in [0.3, 0.4) is 0 Å². The van der Waals surface area contributed by atoms with Crippen LogP contribution in [0.5, 0.6) is 0 Å². The third-order valence-corrected chi connectivity index (χ3v) is 2.40. The van der Waals surface area contributed by atoms with Gasteiger partial charge in [-0.15, -0.1) is 0 Å². The molecule has 4 nitrogen and oxygen atoms in total. The molecule has 0 bridgehead atoms. The van der Waals surface area contributed by atoms with Crippen molar-refractivity contribution in [3.05, 3.63) is 28.7 Å². The molecule has 0 spiro atoms. The van der Waals surface area contributed by atoms with E-state index in [1.165, 1.54) is 0 Å². The molecule has 0 atom stereocenters. The molecule has 0 unspecified atom stereocenters. The van der Waals surface area contributed by atoms with Crippen LogP contribution in [0, 0.1) is 12.3 Å². The summed E-state index contributed by atoms with van der Waals surface area (Å²) in [7, 11) is 4.76. The first-order valence-corrected chi connectivity index (χ1v) is 9.21. The normalized spacial score (nSPS) is 8.82. The quantitative estimate of drug-likeness (QED) is 0.687. The van der Waals surface area contributed by atoms with Crippen LogP contribution < -0.4 is 4.90 Å². The van der Waals surface area contributed by atoms with Gasteiger partial charge in [-0.05, 0) is 26.0 Å². The van der Waals surface area contributed by atoms with E-state index in [1.54, 1.807) is 6.07 Å². The Morgan fingerprint density at radius 2 is 2.12 bits per heavy atom. The Labute approximate surface area is 116 Å². The molecule has 0 fully saturated rings. The van der Waals surface area contributed by atoms with Crippen molar-refractivity contribution in [1.29, 1.82) is 5.39 Å². The van der Waals surface area contributed by atoms with E-state index in [0.717, 1.165) is 35.1 Å². The number of aryl methyl sites for hydroxylation is 1. The Morgan fingerprint density at radius 3 is 2.53 bits per heavy atom. The Balaban J connectivity index is 0.00000121. The number of likely N-dealkylation sites (N-methyl/N-ethyl adjacent to an activating group) is 1. The number of benzene rings is 1. The molecule has 0 aliphatic rings. The van der Waals surface area contributed by atoms with Crippen LogP contribution in [0.1, 0.15) is 12.5 Å². The van der Waals surface area contributed by atoms with Gasteiger partial charge in [0, 0.05) is 30.4 Å². The minimum atomic E-state index is 0.138. The van der Waals surface area contributed by atoms with Crippen molar-refractivity contribution >= 4 is 21.1 Å². The maximum absolute atomic E-state index is 8.90. The number of halogens is 1. The van der Waals surface area contributed by atoms with Gasteiger partial charge in [-0.3, -0.25) is 0 Å². The van der Waals surface area contributed by atoms with Crippen molar-refractivity contribution in [2.45, 2.75) is 13.8 Å². The molecular weight excluding hydrogens is 291 g/mol. The standard InChI is InChI=1S/C11H16N3O.ClH.Zn/c1-3-14(6-7-15)10-4-5-11(13-12)9(2)8-10;;/h4-5,8,15H,3,6-7H2,1-2H3;1H;/q+1;;/p-1. The van der Waals surface area contributed by atoms with Crippen LogP contribution in [0.2, 0.25) is 0 Å². The summed E-state index contributed by atoms with van der Waals surface area (Å²) in [6, 6.07) is 5.61. The first-order valence-electron chi connectivity index (χ1n) is 5.31. The van der Waals surface area contributed by atoms with E-state index < -0.39 is 0 Å². The summed E-state index contributed by atoms with van der Waals surface area (Å²) in [6.07, 6.45) is 0. The Morgan fingerprint density at radius 1 is 1.47 bits per heavy atom. The molecule has 1 rings (SSSR count). The molecule has 90 valence electrons. The van der Waals surface area contributed by atoms with E-state index >= 15 is 0 Å². The number of hydrogen-bond acceptors (Lipinski definition) is 3. The Bertz CT molecular complexity index is 381. The number of aliphatic hydroxyl groups excluding tert-OH is 1. The predicted octanol–water partition coefficient (Wildman–Crippen LogP) is 2.99. The van der Waals surface area contributed by atoms with E-state index in [-0.39, 0.29) is 6.61 Å². The molecule has 0 radical (unpaired) electrons. The van der Waals surface area contributed by atoms with Crippen LogP contribution in [0.4, 0.5) is 11.4 Å². The van der Waals surface area contributed by atoms with Crippen molar-refractivity contribution in [3.63, 3.8) is 0 Å². The van der Waals surface area contributed by atoms with Crippen molar-refractivity contribution in [2.75, 3.05) is 24.6 Å². The molecule has 6 heteroatoms. The average Bonchev–Trinajstić information content (AvgIpc) is 2.38. The number of rotatable bonds is 4. The second-order valence-electron chi connectivity index (χ2n) is 3.37. The summed E-state index contributed by atoms with van der Waals surface area (Å²) in [4.78, 5) is 5.24. The zero-order valence-electron chi connectivity index (χ0n) is 10.2. The molecule has 0 saturated carbocycles. The molecule has 0 amide bonds. The molecule has 0 heterocycles. The molecule has 17 heavy (non-hydrogen) atoms. The first kappa shape index (κ1) is 16.3. The molecule has 1 aromatic carbocycles. The van der Waals surface area contributed by atoms with Crippen LogP contribution in [-0.2, 0) is 17.3 Å². The summed E-state index contributed by atoms with van der Waals surface area (Å²) in [6.45, 7) is 5.53. The summed E-state index contributed by atoms with van der Waals surface area (Å²) < 4.78 is 0. The van der Waals surface area contributed by atoms with E-state index in [0.29, 0.717) is 12.2 Å². The second-order valence-corrected chi connectivity index (χ2v) is 3.37. The van der Waals surface area contributed by atoms with Gasteiger partial charge in [-0.1, -0.05) is 0 Å². The van der Waals surface area contributed by atoms with Gasteiger partial charge in [0.1, 0.15) is 0 Å². The van der Waals surface area contributed by atoms with Gasteiger partial charge in [-0.2, -0.15) is 0 Å². The number of diazo groups is 1. The summed E-state index contributed by atoms with van der Waals surface area (Å²) in [5, 5.41) is 17.6. The van der Waals surface area contributed by atoms with E-state index in [1.807, 2.05) is 26.0 Å². The fraction of sp³-hybridized carbons (Fsp3) is 0.455. The fourth-order valence-electron chi connectivity index (χ4n) is 1.54. The third-order valence-electron chi connectivity index (χ3n) is 2.40. The molecule has 0 saturated heterocycles. The van der Waals surface area contributed by atoms with Gasteiger partial charge < -0.3 is 10.0 Å². The molecule has 1 N–H and O–H groups in total. The van der Waals surface area contributed by atoms with Crippen molar-refractivity contribution < 1.29 is 22.4 Å². The number of hydrogen-bond donors (Lipinski definition) is 1. The predicted molar refractivity (Wildman–Crippen MR) is 66.7 cm³/mol. The number of nitrogens with zero attached hydrogens (tertiary/aromatic N) is 3. The maximum atomic E-state index is 8.90. The topological polar surface area (TPSA) is 51.6 Å². The zero-order chi connectivity index (χ0) is 13.3. The van der Waals surface area contributed by atoms with Gasteiger partial charge in [0.25, 0.3) is 0 Å². The van der Waals surface area contributed by atoms with Gasteiger partial charge in [-0.25, -0.2) is 0 Å². The van der Waals surface area contributed by atoms with Crippen LogP contribution in [0.25, 0.3) is 4.98 Å². The summed E-state index contributed by atoms with van der Waals surface area (Å²) in [5.41, 5.74) is 2.54. The van der Waals surface area contributed by atoms with Crippen molar-refractivity contribution in [2.24, 2.45) is 0 Å². The van der Waals surface area contributed by atoms with Crippen molar-refractivity contribution in [3.8, 4) is 0 Å². The summed E-state index contributed by atoms with van der Waals surface area (Å²) >= 11 is 0.847. The Kier molecular flexibility index (Phi) is 8.98. The van der Waals surface area contributed by atoms with Gasteiger partial charge in [0.2, 0.25) is 5.39 Å². The van der Waals surface area contributed by atoms with Crippen LogP contribution in [-0.4, -0.2) is 24.8 Å². The molecule has 1 aromatic rings. The SMILES string of the molecule is CCN(CCO)c1ccc([N+]#N)c(C)c1.[Cl][Zn-]. The van der Waals surface area contributed by atoms with E-state index in [2.05, 4.69) is 9.88 Å². The first-order chi connectivity index (χ1) is 8.22. The second kappa shape index (κ2) is 9.35. The minimum absolute atomic E-state index is 0.138. The van der Waals surface area contributed by atoms with Crippen molar-refractivity contribution in [1.82, 2.24) is 0 Å². The van der Waals surface area contributed by atoms with Gasteiger partial charge in [0.15, 0.2) is 4.98 Å². The van der Waals surface area contributed by atoms with Crippen LogP contribution >= 0.6 is 9.69 Å². The molecule has 0 aliphatic carbocycles. The van der Waals surface area contributed by atoms with Crippen LogP contribution in [0.15, 0.2) is 18.2 Å². The number of anilines is 1. The average molecular weight is 307 g/mol. The molecule has 0 aliphatic heterocycles. The zero-order valence-corrected chi connectivity index (χ0v) is 14.0. The summed E-state index contributed by atoms with van der Waals surface area (Å²) in [5.74, 6) is 0. The van der Waals surface area contributed by atoms with Gasteiger partial charge >= 0.3 is 32.7 Å². The third kappa shape index (κ3) is 4.99. The molecule has 0 aromatic heterocycles. The van der Waals surface area contributed by atoms with E-state index in [9.17, 15) is 0 Å². The fourth-order valence-corrected chi connectivity index (χ4v) is 1.54. The van der Waals surface area contributed by atoms with E-state index in [4.69, 9.17) is 20.2 Å². The van der Waals surface area contributed by atoms with Gasteiger partial charge in [0.05, 0.1) is 6.61 Å².